The zero-order valence-corrected chi connectivity index (χ0v) is 14.9. The average molecular weight is 352 g/mol. The van der Waals surface area contributed by atoms with Gasteiger partial charge in [0.15, 0.2) is 0 Å². The molecule has 2 aromatic carbocycles. The van der Waals surface area contributed by atoms with Crippen LogP contribution >= 0.6 is 0 Å². The number of carbonyl (C=O) groups excluding carboxylic acids is 2. The quantitative estimate of drug-likeness (QED) is 0.791. The third-order valence-electron chi connectivity index (χ3n) is 4.54. The summed E-state index contributed by atoms with van der Waals surface area (Å²) in [6.07, 6.45) is 2.11. The third kappa shape index (κ3) is 4.61. The topological polar surface area (TPSA) is 73.5 Å². The van der Waals surface area contributed by atoms with Crippen molar-refractivity contribution in [2.75, 3.05) is 30.8 Å². The van der Waals surface area contributed by atoms with Crippen molar-refractivity contribution in [1.82, 2.24) is 10.2 Å². The van der Waals surface area contributed by atoms with Crippen LogP contribution in [-0.2, 0) is 0 Å². The lowest BCUT2D eigenvalue weighted by Crippen LogP contribution is -2.46. The van der Waals surface area contributed by atoms with Gasteiger partial charge in [0, 0.05) is 36.1 Å². The molecule has 1 heterocycles. The number of benzene rings is 2. The average Bonchev–Trinajstić information content (AvgIpc) is 2.69. The van der Waals surface area contributed by atoms with Crippen LogP contribution in [0.4, 0.5) is 16.2 Å². The van der Waals surface area contributed by atoms with E-state index in [9.17, 15) is 9.59 Å². The molecule has 1 unspecified atom stereocenters. The molecule has 3 rings (SSSR count). The Balaban J connectivity index is 1.57. The van der Waals surface area contributed by atoms with Crippen LogP contribution in [-0.4, -0.2) is 43.0 Å². The van der Waals surface area contributed by atoms with Gasteiger partial charge in [-0.05, 0) is 56.3 Å². The van der Waals surface area contributed by atoms with Crippen molar-refractivity contribution in [2.24, 2.45) is 0 Å². The van der Waals surface area contributed by atoms with Crippen LogP contribution in [0.1, 0.15) is 23.2 Å². The maximum absolute atomic E-state index is 12.6. The maximum Gasteiger partial charge on any atom is 0.323 e. The van der Waals surface area contributed by atoms with Gasteiger partial charge in [-0.25, -0.2) is 4.79 Å². The molecule has 1 atom stereocenters. The van der Waals surface area contributed by atoms with E-state index in [1.807, 2.05) is 42.3 Å². The maximum atomic E-state index is 12.6. The van der Waals surface area contributed by atoms with Gasteiger partial charge < -0.3 is 20.9 Å². The van der Waals surface area contributed by atoms with Crippen molar-refractivity contribution in [2.45, 2.75) is 18.9 Å². The van der Waals surface area contributed by atoms with E-state index in [0.29, 0.717) is 17.3 Å². The van der Waals surface area contributed by atoms with E-state index in [-0.39, 0.29) is 11.9 Å². The van der Waals surface area contributed by atoms with Crippen molar-refractivity contribution in [3.05, 3.63) is 60.2 Å². The van der Waals surface area contributed by atoms with Crippen molar-refractivity contribution in [1.29, 1.82) is 0 Å². The highest BCUT2D eigenvalue weighted by molar-refractivity contribution is 6.00. The molecular weight excluding hydrogens is 328 g/mol. The van der Waals surface area contributed by atoms with Crippen molar-refractivity contribution in [3.8, 4) is 0 Å². The predicted molar refractivity (Wildman–Crippen MR) is 104 cm³/mol. The number of anilines is 2. The number of amides is 3. The number of piperidine rings is 1. The molecule has 136 valence electrons. The summed E-state index contributed by atoms with van der Waals surface area (Å²) in [6, 6.07) is 16.3. The van der Waals surface area contributed by atoms with Gasteiger partial charge in [-0.2, -0.15) is 0 Å². The Morgan fingerprint density at radius 3 is 2.27 bits per heavy atom. The Bertz CT molecular complexity index is 746. The highest BCUT2D eigenvalue weighted by atomic mass is 16.2. The van der Waals surface area contributed by atoms with E-state index in [4.69, 9.17) is 0 Å². The number of rotatable bonds is 4. The fourth-order valence-corrected chi connectivity index (χ4v) is 3.09. The van der Waals surface area contributed by atoms with Crippen LogP contribution in [0.15, 0.2) is 54.6 Å². The fourth-order valence-electron chi connectivity index (χ4n) is 3.09. The molecule has 6 heteroatoms. The first kappa shape index (κ1) is 17.9. The van der Waals surface area contributed by atoms with E-state index in [0.717, 1.165) is 31.6 Å². The van der Waals surface area contributed by atoms with Gasteiger partial charge in [0.1, 0.15) is 0 Å². The Kier molecular flexibility index (Phi) is 5.86. The molecule has 0 saturated carbocycles. The van der Waals surface area contributed by atoms with Gasteiger partial charge in [0.05, 0.1) is 0 Å². The van der Waals surface area contributed by atoms with Crippen LogP contribution in [0.3, 0.4) is 0 Å². The van der Waals surface area contributed by atoms with Gasteiger partial charge >= 0.3 is 6.03 Å². The summed E-state index contributed by atoms with van der Waals surface area (Å²) < 4.78 is 0. The predicted octanol–water partition coefficient (Wildman–Crippen LogP) is 3.15. The van der Waals surface area contributed by atoms with Crippen LogP contribution in [0.25, 0.3) is 0 Å². The molecule has 6 nitrogen and oxygen atoms in total. The van der Waals surface area contributed by atoms with Crippen molar-refractivity contribution in [3.63, 3.8) is 0 Å². The lowest BCUT2D eigenvalue weighted by molar-refractivity contribution is 0.0698. The van der Waals surface area contributed by atoms with Gasteiger partial charge in [-0.15, -0.1) is 0 Å². The zero-order chi connectivity index (χ0) is 18.4. The molecule has 0 radical (unpaired) electrons. The van der Waals surface area contributed by atoms with E-state index >= 15 is 0 Å². The third-order valence-corrected chi connectivity index (χ3v) is 4.54. The van der Waals surface area contributed by atoms with Crippen molar-refractivity contribution >= 4 is 23.3 Å². The summed E-state index contributed by atoms with van der Waals surface area (Å²) in [5.41, 5.74) is 2.00. The van der Waals surface area contributed by atoms with Crippen LogP contribution in [0.5, 0.6) is 0 Å². The Labute approximate surface area is 153 Å². The summed E-state index contributed by atoms with van der Waals surface area (Å²) in [5, 5.41) is 8.77. The molecule has 26 heavy (non-hydrogen) atoms. The molecule has 1 saturated heterocycles. The lowest BCUT2D eigenvalue weighted by atomic mass is 10.0. The number of hydrogen-bond acceptors (Lipinski definition) is 3. The molecule has 0 aromatic heterocycles. The second kappa shape index (κ2) is 8.49. The minimum absolute atomic E-state index is 0.0326. The van der Waals surface area contributed by atoms with Gasteiger partial charge in [0.25, 0.3) is 5.91 Å². The summed E-state index contributed by atoms with van der Waals surface area (Å²) in [4.78, 5) is 26.5. The summed E-state index contributed by atoms with van der Waals surface area (Å²) in [6.45, 7) is 1.52. The first-order valence-electron chi connectivity index (χ1n) is 8.85. The van der Waals surface area contributed by atoms with E-state index in [2.05, 4.69) is 16.0 Å². The molecule has 0 spiro atoms. The SMILES string of the molecule is CNC1CCCN(C(=O)c2ccc(NC(=O)Nc3ccccc3)cc2)C1. The van der Waals surface area contributed by atoms with Crippen molar-refractivity contribution < 1.29 is 9.59 Å². The van der Waals surface area contributed by atoms with E-state index in [1.54, 1.807) is 24.3 Å². The van der Waals surface area contributed by atoms with Crippen LogP contribution in [0.2, 0.25) is 0 Å². The highest BCUT2D eigenvalue weighted by Crippen LogP contribution is 2.16. The Morgan fingerprint density at radius 2 is 1.62 bits per heavy atom. The normalized spacial score (nSPS) is 16.8. The summed E-state index contributed by atoms with van der Waals surface area (Å²) in [7, 11) is 1.93. The van der Waals surface area contributed by atoms with E-state index in [1.165, 1.54) is 0 Å². The van der Waals surface area contributed by atoms with Gasteiger partial charge in [-0.1, -0.05) is 18.2 Å². The Hall–Kier alpha value is -2.86. The number of carbonyl (C=O) groups is 2. The molecule has 1 aliphatic rings. The zero-order valence-electron chi connectivity index (χ0n) is 14.9. The standard InChI is InChI=1S/C20H24N4O2/c1-21-18-8-5-13-24(14-18)19(25)15-9-11-17(12-10-15)23-20(26)22-16-6-3-2-4-7-16/h2-4,6-7,9-12,18,21H,5,8,13-14H2,1H3,(H2,22,23,26). The summed E-state index contributed by atoms with van der Waals surface area (Å²) >= 11 is 0. The molecule has 1 fully saturated rings. The molecule has 1 aliphatic heterocycles. The molecule has 0 aliphatic carbocycles. The summed E-state index contributed by atoms with van der Waals surface area (Å²) in [5.74, 6) is 0.0326. The fraction of sp³-hybridized carbons (Fsp3) is 0.300. The smallest absolute Gasteiger partial charge is 0.323 e. The molecule has 3 N–H and O–H groups in total. The minimum atomic E-state index is -0.317. The van der Waals surface area contributed by atoms with Crippen LogP contribution in [0, 0.1) is 0 Å². The Morgan fingerprint density at radius 1 is 0.962 bits per heavy atom. The second-order valence-corrected chi connectivity index (χ2v) is 6.40. The number of nitrogens with one attached hydrogen (secondary N) is 3. The largest absolute Gasteiger partial charge is 0.337 e. The molecular formula is C20H24N4O2. The number of likely N-dealkylation sites (N-methyl/N-ethyl adjacent to an activating group) is 1. The number of hydrogen-bond donors (Lipinski definition) is 3. The first-order valence-corrected chi connectivity index (χ1v) is 8.85. The van der Waals surface area contributed by atoms with E-state index < -0.39 is 0 Å². The molecule has 0 bridgehead atoms. The first-order chi connectivity index (χ1) is 12.7. The number of urea groups is 1. The van der Waals surface area contributed by atoms with Gasteiger partial charge in [-0.3, -0.25) is 4.79 Å². The number of nitrogens with zero attached hydrogens (tertiary/aromatic N) is 1. The minimum Gasteiger partial charge on any atom is -0.337 e. The number of likely N-dealkylation sites (tertiary alicyclic amines) is 1. The molecule has 3 amide bonds. The molecule has 2 aromatic rings. The monoisotopic (exact) mass is 352 g/mol. The van der Waals surface area contributed by atoms with Crippen LogP contribution < -0.4 is 16.0 Å². The lowest BCUT2D eigenvalue weighted by Gasteiger charge is -2.32. The van der Waals surface area contributed by atoms with Gasteiger partial charge in [0.2, 0.25) is 0 Å². The highest BCUT2D eigenvalue weighted by Gasteiger charge is 2.23. The number of para-hydroxylation sites is 1. The second-order valence-electron chi connectivity index (χ2n) is 6.40.